The zero-order valence-electron chi connectivity index (χ0n) is 12.9. The average Bonchev–Trinajstić information content (AvgIpc) is 2.48. The van der Waals surface area contributed by atoms with Crippen LogP contribution in [0.2, 0.25) is 5.02 Å². The number of hydrogen-bond donors (Lipinski definition) is 1. The van der Waals surface area contributed by atoms with Gasteiger partial charge in [-0.2, -0.15) is 0 Å². The van der Waals surface area contributed by atoms with Crippen LogP contribution in [0.25, 0.3) is 0 Å². The summed E-state index contributed by atoms with van der Waals surface area (Å²) in [5.41, 5.74) is 2.18. The van der Waals surface area contributed by atoms with Crippen molar-refractivity contribution in [1.29, 1.82) is 0 Å². The molecule has 1 heterocycles. The normalized spacial score (nSPS) is 10.6. The molecule has 22 heavy (non-hydrogen) atoms. The van der Waals surface area contributed by atoms with E-state index in [1.165, 1.54) is 11.8 Å². The summed E-state index contributed by atoms with van der Waals surface area (Å²) in [5.74, 6) is 1.33. The molecule has 0 aliphatic heterocycles. The molecule has 0 bridgehead atoms. The Labute approximate surface area is 135 Å². The van der Waals surface area contributed by atoms with Gasteiger partial charge in [-0.15, -0.1) is 0 Å². The molecule has 116 valence electrons. The standard InChI is InChI=1S/C17H19ClN2O2/c1-11(2)13-5-4-12(3)15(8-13)22-10-17(21)20-16-7-6-14(18)9-19-16/h4-9,11H,10H2,1-3H3,(H,19,20,21). The first-order valence-corrected chi connectivity index (χ1v) is 7.48. The minimum atomic E-state index is -0.260. The number of pyridine rings is 1. The quantitative estimate of drug-likeness (QED) is 0.899. The van der Waals surface area contributed by atoms with E-state index in [9.17, 15) is 4.79 Å². The lowest BCUT2D eigenvalue weighted by Gasteiger charge is -2.12. The van der Waals surface area contributed by atoms with Crippen molar-refractivity contribution in [3.05, 3.63) is 52.7 Å². The highest BCUT2D eigenvalue weighted by atomic mass is 35.5. The Kier molecular flexibility index (Phi) is 5.39. The lowest BCUT2D eigenvalue weighted by molar-refractivity contribution is -0.118. The van der Waals surface area contributed by atoms with E-state index in [1.807, 2.05) is 19.1 Å². The summed E-state index contributed by atoms with van der Waals surface area (Å²) in [5, 5.41) is 3.19. The Morgan fingerprint density at radius 1 is 1.32 bits per heavy atom. The first kappa shape index (κ1) is 16.3. The van der Waals surface area contributed by atoms with Crippen LogP contribution < -0.4 is 10.1 Å². The fourth-order valence-corrected chi connectivity index (χ4v) is 2.02. The molecule has 1 N–H and O–H groups in total. The van der Waals surface area contributed by atoms with E-state index in [4.69, 9.17) is 16.3 Å². The van der Waals surface area contributed by atoms with Crippen LogP contribution in [0.4, 0.5) is 5.82 Å². The Morgan fingerprint density at radius 2 is 2.09 bits per heavy atom. The van der Waals surface area contributed by atoms with E-state index in [2.05, 4.69) is 30.2 Å². The van der Waals surface area contributed by atoms with Crippen LogP contribution in [0, 0.1) is 6.92 Å². The molecule has 5 heteroatoms. The topological polar surface area (TPSA) is 51.2 Å². The summed E-state index contributed by atoms with van der Waals surface area (Å²) in [4.78, 5) is 15.9. The zero-order valence-corrected chi connectivity index (χ0v) is 13.6. The monoisotopic (exact) mass is 318 g/mol. The highest BCUT2D eigenvalue weighted by Crippen LogP contribution is 2.24. The van der Waals surface area contributed by atoms with Gasteiger partial charge in [0.1, 0.15) is 11.6 Å². The molecule has 0 aliphatic carbocycles. The first-order valence-electron chi connectivity index (χ1n) is 7.10. The van der Waals surface area contributed by atoms with Gasteiger partial charge in [-0.05, 0) is 42.2 Å². The number of anilines is 1. The van der Waals surface area contributed by atoms with Crippen molar-refractivity contribution < 1.29 is 9.53 Å². The molecule has 0 atom stereocenters. The zero-order chi connectivity index (χ0) is 16.1. The van der Waals surface area contributed by atoms with Crippen LogP contribution in [-0.2, 0) is 4.79 Å². The number of halogens is 1. The van der Waals surface area contributed by atoms with Gasteiger partial charge in [-0.1, -0.05) is 37.6 Å². The lowest BCUT2D eigenvalue weighted by Crippen LogP contribution is -2.21. The number of aromatic nitrogens is 1. The number of ether oxygens (including phenoxy) is 1. The van der Waals surface area contributed by atoms with Gasteiger partial charge in [0.25, 0.3) is 5.91 Å². The minimum Gasteiger partial charge on any atom is -0.483 e. The maximum absolute atomic E-state index is 11.9. The van der Waals surface area contributed by atoms with Gasteiger partial charge in [0, 0.05) is 6.20 Å². The molecule has 0 saturated heterocycles. The Morgan fingerprint density at radius 3 is 2.73 bits per heavy atom. The molecule has 1 aromatic carbocycles. The second-order valence-electron chi connectivity index (χ2n) is 5.38. The molecule has 1 aromatic heterocycles. The maximum Gasteiger partial charge on any atom is 0.263 e. The van der Waals surface area contributed by atoms with E-state index in [0.717, 1.165) is 11.3 Å². The number of amides is 1. The molecule has 2 rings (SSSR count). The summed E-state index contributed by atoms with van der Waals surface area (Å²) >= 11 is 5.75. The van der Waals surface area contributed by atoms with Gasteiger partial charge >= 0.3 is 0 Å². The van der Waals surface area contributed by atoms with Crippen LogP contribution >= 0.6 is 11.6 Å². The second-order valence-corrected chi connectivity index (χ2v) is 5.81. The number of nitrogens with zero attached hydrogens (tertiary/aromatic N) is 1. The summed E-state index contributed by atoms with van der Waals surface area (Å²) in [6.45, 7) is 6.13. The largest absolute Gasteiger partial charge is 0.483 e. The summed E-state index contributed by atoms with van der Waals surface area (Å²) in [6, 6.07) is 9.37. The number of hydrogen-bond acceptors (Lipinski definition) is 3. The number of carbonyl (C=O) groups excluding carboxylic acids is 1. The molecule has 0 unspecified atom stereocenters. The van der Waals surface area contributed by atoms with Crippen molar-refractivity contribution in [3.8, 4) is 5.75 Å². The molecule has 2 aromatic rings. The Hall–Kier alpha value is -2.07. The number of aryl methyl sites for hydroxylation is 1. The van der Waals surface area contributed by atoms with Crippen LogP contribution in [0.3, 0.4) is 0 Å². The van der Waals surface area contributed by atoms with E-state index in [1.54, 1.807) is 12.1 Å². The Balaban J connectivity index is 1.96. The second kappa shape index (κ2) is 7.27. The summed E-state index contributed by atoms with van der Waals surface area (Å²) in [7, 11) is 0. The van der Waals surface area contributed by atoms with E-state index < -0.39 is 0 Å². The highest BCUT2D eigenvalue weighted by Gasteiger charge is 2.08. The highest BCUT2D eigenvalue weighted by molar-refractivity contribution is 6.30. The van der Waals surface area contributed by atoms with Crippen molar-refractivity contribution in [2.45, 2.75) is 26.7 Å². The maximum atomic E-state index is 11.9. The first-order chi connectivity index (χ1) is 10.5. The SMILES string of the molecule is Cc1ccc(C(C)C)cc1OCC(=O)Nc1ccc(Cl)cn1. The molecule has 0 fully saturated rings. The number of rotatable bonds is 5. The molecule has 0 radical (unpaired) electrons. The van der Waals surface area contributed by atoms with Crippen LogP contribution in [0.1, 0.15) is 30.9 Å². The van der Waals surface area contributed by atoms with E-state index >= 15 is 0 Å². The van der Waals surface area contributed by atoms with Crippen LogP contribution in [-0.4, -0.2) is 17.5 Å². The number of benzene rings is 1. The molecule has 4 nitrogen and oxygen atoms in total. The van der Waals surface area contributed by atoms with Crippen molar-refractivity contribution >= 4 is 23.3 Å². The number of carbonyl (C=O) groups is 1. The molecule has 0 aliphatic rings. The molecule has 1 amide bonds. The van der Waals surface area contributed by atoms with Gasteiger partial charge in [-0.3, -0.25) is 4.79 Å². The fraction of sp³-hybridized carbons (Fsp3) is 0.294. The third-order valence-electron chi connectivity index (χ3n) is 3.23. The fourth-order valence-electron chi connectivity index (χ4n) is 1.90. The van der Waals surface area contributed by atoms with Crippen LogP contribution in [0.15, 0.2) is 36.5 Å². The molecular weight excluding hydrogens is 300 g/mol. The van der Waals surface area contributed by atoms with E-state index in [0.29, 0.717) is 16.8 Å². The van der Waals surface area contributed by atoms with Crippen molar-refractivity contribution in [1.82, 2.24) is 4.98 Å². The molecule has 0 spiro atoms. The predicted octanol–water partition coefficient (Wildman–Crippen LogP) is 4.18. The van der Waals surface area contributed by atoms with Gasteiger partial charge in [0.05, 0.1) is 5.02 Å². The average molecular weight is 319 g/mol. The van der Waals surface area contributed by atoms with Gasteiger partial charge in [0.2, 0.25) is 0 Å². The van der Waals surface area contributed by atoms with Crippen LogP contribution in [0.5, 0.6) is 5.75 Å². The minimum absolute atomic E-state index is 0.0628. The predicted molar refractivity (Wildman–Crippen MR) is 88.6 cm³/mol. The summed E-state index contributed by atoms with van der Waals surface area (Å²) in [6.07, 6.45) is 1.48. The van der Waals surface area contributed by atoms with Gasteiger partial charge in [0.15, 0.2) is 6.61 Å². The van der Waals surface area contributed by atoms with Crippen molar-refractivity contribution in [3.63, 3.8) is 0 Å². The molecule has 0 saturated carbocycles. The van der Waals surface area contributed by atoms with Crippen molar-refractivity contribution in [2.24, 2.45) is 0 Å². The van der Waals surface area contributed by atoms with Gasteiger partial charge in [-0.25, -0.2) is 4.98 Å². The third kappa shape index (κ3) is 4.46. The summed E-state index contributed by atoms with van der Waals surface area (Å²) < 4.78 is 5.62. The third-order valence-corrected chi connectivity index (χ3v) is 3.46. The van der Waals surface area contributed by atoms with Gasteiger partial charge < -0.3 is 10.1 Å². The smallest absolute Gasteiger partial charge is 0.263 e. The number of nitrogens with one attached hydrogen (secondary N) is 1. The Bertz CT molecular complexity index is 654. The van der Waals surface area contributed by atoms with E-state index in [-0.39, 0.29) is 12.5 Å². The van der Waals surface area contributed by atoms with Crippen molar-refractivity contribution in [2.75, 3.05) is 11.9 Å². The lowest BCUT2D eigenvalue weighted by atomic mass is 10.0. The molecular formula is C17H19ClN2O2.